The van der Waals surface area contributed by atoms with Gasteiger partial charge in [0.05, 0.1) is 0 Å². The Balaban J connectivity index is 0.00000196. The summed E-state index contributed by atoms with van der Waals surface area (Å²) in [4.78, 5) is 18.9. The van der Waals surface area contributed by atoms with Gasteiger partial charge in [-0.2, -0.15) is 0 Å². The van der Waals surface area contributed by atoms with Crippen molar-refractivity contribution >= 4 is 35.8 Å². The first-order valence-electron chi connectivity index (χ1n) is 9.22. The van der Waals surface area contributed by atoms with Crippen molar-refractivity contribution in [1.29, 1.82) is 0 Å². The van der Waals surface area contributed by atoms with Gasteiger partial charge in [0.25, 0.3) is 0 Å². The van der Waals surface area contributed by atoms with Gasteiger partial charge < -0.3 is 20.1 Å². The number of halogens is 1. The van der Waals surface area contributed by atoms with Crippen LogP contribution in [-0.4, -0.2) is 57.2 Å². The highest BCUT2D eigenvalue weighted by atomic mass is 127. The second kappa shape index (κ2) is 7.69. The van der Waals surface area contributed by atoms with Crippen LogP contribution >= 0.6 is 24.0 Å². The minimum absolute atomic E-state index is 0. The molecule has 3 heterocycles. The molecule has 1 saturated carbocycles. The normalized spacial score (nSPS) is 26.0. The third-order valence-corrected chi connectivity index (χ3v) is 5.62. The van der Waals surface area contributed by atoms with Crippen LogP contribution in [-0.2, 0) is 18.4 Å². The second-order valence-corrected chi connectivity index (χ2v) is 7.76. The Hall–Kier alpha value is -1.39. The molecule has 1 aromatic rings. The molecule has 1 atom stereocenters. The predicted octanol–water partition coefficient (Wildman–Crippen LogP) is 0.952. The molecule has 8 nitrogen and oxygen atoms in total. The molecule has 1 aliphatic carbocycles. The second-order valence-electron chi connectivity index (χ2n) is 7.76. The van der Waals surface area contributed by atoms with Crippen molar-refractivity contribution < 1.29 is 4.79 Å². The van der Waals surface area contributed by atoms with E-state index in [1.807, 2.05) is 18.5 Å². The molecule has 3 aliphatic rings. The van der Waals surface area contributed by atoms with Crippen molar-refractivity contribution in [3.05, 3.63) is 11.6 Å². The van der Waals surface area contributed by atoms with E-state index in [4.69, 9.17) is 4.99 Å². The molecule has 1 amide bonds. The quantitative estimate of drug-likeness (QED) is 0.388. The van der Waals surface area contributed by atoms with E-state index in [2.05, 4.69) is 25.7 Å². The predicted molar refractivity (Wildman–Crippen MR) is 109 cm³/mol. The van der Waals surface area contributed by atoms with Gasteiger partial charge in [0.15, 0.2) is 11.8 Å². The molecular formula is C17H28IN7O. The van der Waals surface area contributed by atoms with Crippen LogP contribution in [0.25, 0.3) is 0 Å². The SMILES string of the molecule is Cc1nnc(CN=C(NC2CC2)N2CCCC3(CNC(=O)C3)C2)n1C.I. The van der Waals surface area contributed by atoms with Crippen LogP contribution in [0.3, 0.4) is 0 Å². The summed E-state index contributed by atoms with van der Waals surface area (Å²) in [6.07, 6.45) is 5.27. The summed E-state index contributed by atoms with van der Waals surface area (Å²) >= 11 is 0. The molecule has 0 radical (unpaired) electrons. The first-order chi connectivity index (χ1) is 12.0. The highest BCUT2D eigenvalue weighted by molar-refractivity contribution is 14.0. The van der Waals surface area contributed by atoms with Crippen molar-refractivity contribution in [3.63, 3.8) is 0 Å². The van der Waals surface area contributed by atoms with Gasteiger partial charge in [-0.1, -0.05) is 0 Å². The molecule has 0 bridgehead atoms. The van der Waals surface area contributed by atoms with Crippen molar-refractivity contribution in [1.82, 2.24) is 30.3 Å². The lowest BCUT2D eigenvalue weighted by atomic mass is 9.79. The van der Waals surface area contributed by atoms with Crippen molar-refractivity contribution in [2.45, 2.75) is 51.6 Å². The summed E-state index contributed by atoms with van der Waals surface area (Å²) in [6.45, 7) is 5.14. The Morgan fingerprint density at radius 2 is 2.23 bits per heavy atom. The molecular weight excluding hydrogens is 445 g/mol. The van der Waals surface area contributed by atoms with Crippen LogP contribution in [0.2, 0.25) is 0 Å². The number of nitrogens with zero attached hydrogens (tertiary/aromatic N) is 5. The molecule has 4 rings (SSSR count). The van der Waals surface area contributed by atoms with E-state index in [1.165, 1.54) is 12.8 Å². The lowest BCUT2D eigenvalue weighted by Gasteiger charge is -2.41. The zero-order valence-corrected chi connectivity index (χ0v) is 17.8. The fourth-order valence-corrected chi connectivity index (χ4v) is 3.81. The Morgan fingerprint density at radius 1 is 1.42 bits per heavy atom. The van der Waals surface area contributed by atoms with E-state index in [0.29, 0.717) is 19.0 Å². The van der Waals surface area contributed by atoms with Crippen molar-refractivity contribution in [2.75, 3.05) is 19.6 Å². The molecule has 1 aromatic heterocycles. The van der Waals surface area contributed by atoms with Crippen molar-refractivity contribution in [2.24, 2.45) is 17.5 Å². The maximum absolute atomic E-state index is 11.7. The van der Waals surface area contributed by atoms with Crippen LogP contribution < -0.4 is 10.6 Å². The molecule has 2 aliphatic heterocycles. The van der Waals surface area contributed by atoms with Gasteiger partial charge >= 0.3 is 0 Å². The summed E-state index contributed by atoms with van der Waals surface area (Å²) in [7, 11) is 1.97. The van der Waals surface area contributed by atoms with Crippen LogP contribution in [0.1, 0.15) is 43.8 Å². The Morgan fingerprint density at radius 3 is 2.85 bits per heavy atom. The Labute approximate surface area is 171 Å². The van der Waals surface area contributed by atoms with Crippen LogP contribution in [0.5, 0.6) is 0 Å². The van der Waals surface area contributed by atoms with Gasteiger partial charge in [-0.15, -0.1) is 34.2 Å². The third kappa shape index (κ3) is 4.12. The first-order valence-corrected chi connectivity index (χ1v) is 9.22. The highest BCUT2D eigenvalue weighted by Crippen LogP contribution is 2.36. The van der Waals surface area contributed by atoms with Crippen LogP contribution in [0.4, 0.5) is 0 Å². The average molecular weight is 473 g/mol. The molecule has 26 heavy (non-hydrogen) atoms. The smallest absolute Gasteiger partial charge is 0.220 e. The summed E-state index contributed by atoms with van der Waals surface area (Å²) < 4.78 is 1.98. The zero-order chi connectivity index (χ0) is 17.4. The number of amides is 1. The number of carbonyl (C=O) groups is 1. The van der Waals surface area contributed by atoms with Gasteiger partial charge in [0.1, 0.15) is 12.4 Å². The molecule has 1 spiro atoms. The van der Waals surface area contributed by atoms with E-state index in [9.17, 15) is 4.79 Å². The maximum atomic E-state index is 11.7. The van der Waals surface area contributed by atoms with E-state index < -0.39 is 0 Å². The minimum atomic E-state index is 0. The average Bonchev–Trinajstić information content (AvgIpc) is 3.28. The van der Waals surface area contributed by atoms with Gasteiger partial charge in [0.2, 0.25) is 5.91 Å². The number of hydrogen-bond acceptors (Lipinski definition) is 4. The lowest BCUT2D eigenvalue weighted by molar-refractivity contribution is -0.119. The molecule has 2 N–H and O–H groups in total. The number of carbonyl (C=O) groups excluding carboxylic acids is 1. The number of aromatic nitrogens is 3. The monoisotopic (exact) mass is 473 g/mol. The van der Waals surface area contributed by atoms with E-state index in [-0.39, 0.29) is 35.3 Å². The molecule has 9 heteroatoms. The molecule has 3 fully saturated rings. The van der Waals surface area contributed by atoms with E-state index >= 15 is 0 Å². The highest BCUT2D eigenvalue weighted by Gasteiger charge is 2.42. The van der Waals surface area contributed by atoms with Gasteiger partial charge in [-0.25, -0.2) is 4.99 Å². The zero-order valence-electron chi connectivity index (χ0n) is 15.5. The summed E-state index contributed by atoms with van der Waals surface area (Å²) in [5.41, 5.74) is 0.0721. The topological polar surface area (TPSA) is 87.4 Å². The summed E-state index contributed by atoms with van der Waals surface area (Å²) in [5, 5.41) is 14.9. The first kappa shape index (κ1) is 19.4. The van der Waals surface area contributed by atoms with E-state index in [0.717, 1.165) is 50.1 Å². The number of hydrogen-bond donors (Lipinski definition) is 2. The lowest BCUT2D eigenvalue weighted by Crippen LogP contribution is -2.51. The number of aliphatic imine (C=N–C) groups is 1. The Kier molecular flexibility index (Phi) is 5.73. The number of rotatable bonds is 3. The standard InChI is InChI=1S/C17H27N7O.HI/c1-12-21-22-14(23(12)2)9-18-16(20-13-4-5-13)24-7-3-6-17(11-24)8-15(25)19-10-17;/h13H,3-11H2,1-2H3,(H,18,20)(H,19,25);1H. The third-order valence-electron chi connectivity index (χ3n) is 5.62. The molecule has 0 aromatic carbocycles. The Bertz CT molecular complexity index is 699. The molecule has 1 unspecified atom stereocenters. The fourth-order valence-electron chi connectivity index (χ4n) is 3.81. The van der Waals surface area contributed by atoms with Crippen LogP contribution in [0.15, 0.2) is 4.99 Å². The van der Waals surface area contributed by atoms with Crippen LogP contribution in [0, 0.1) is 12.3 Å². The fraction of sp³-hybridized carbons (Fsp3) is 0.765. The van der Waals surface area contributed by atoms with Gasteiger partial charge in [-0.05, 0) is 32.6 Å². The number of likely N-dealkylation sites (tertiary alicyclic amines) is 1. The van der Waals surface area contributed by atoms with Gasteiger partial charge in [0, 0.05) is 44.6 Å². The number of aryl methyl sites for hydroxylation is 1. The number of nitrogens with one attached hydrogen (secondary N) is 2. The van der Waals surface area contributed by atoms with Crippen molar-refractivity contribution in [3.8, 4) is 0 Å². The minimum Gasteiger partial charge on any atom is -0.355 e. The molecule has 2 saturated heterocycles. The number of piperidine rings is 1. The largest absolute Gasteiger partial charge is 0.355 e. The molecule has 144 valence electrons. The number of guanidine groups is 1. The summed E-state index contributed by atoms with van der Waals surface area (Å²) in [5.74, 6) is 2.91. The maximum Gasteiger partial charge on any atom is 0.220 e. The van der Waals surface area contributed by atoms with Gasteiger partial charge in [-0.3, -0.25) is 4.79 Å². The summed E-state index contributed by atoms with van der Waals surface area (Å²) in [6, 6.07) is 0.543. The van der Waals surface area contributed by atoms with E-state index in [1.54, 1.807) is 0 Å².